The Morgan fingerprint density at radius 1 is 0.275 bits per heavy atom. The number of fused-ring (bicyclic) bond motifs is 9. The van der Waals surface area contributed by atoms with E-state index in [0.717, 1.165) is 21.9 Å². The van der Waals surface area contributed by atoms with Crippen molar-refractivity contribution < 1.29 is 4.42 Å². The zero-order valence-corrected chi connectivity index (χ0v) is 27.7. The highest BCUT2D eigenvalue weighted by atomic mass is 16.3. The number of hydrogen-bond donors (Lipinski definition) is 0. The molecule has 0 spiro atoms. The van der Waals surface area contributed by atoms with Crippen LogP contribution in [0.25, 0.3) is 109 Å². The van der Waals surface area contributed by atoms with Crippen LogP contribution < -0.4 is 0 Å². The first kappa shape index (κ1) is 28.2. The molecule has 1 nitrogen and oxygen atoms in total. The topological polar surface area (TPSA) is 13.1 Å². The lowest BCUT2D eigenvalue weighted by Crippen LogP contribution is -1.93. The summed E-state index contributed by atoms with van der Waals surface area (Å²) in [5.74, 6) is 0. The molecule has 1 aromatic heterocycles. The van der Waals surface area contributed by atoms with Gasteiger partial charge in [-0.05, 0) is 105 Å². The van der Waals surface area contributed by atoms with E-state index in [4.69, 9.17) is 4.42 Å². The number of benzene rings is 10. The summed E-state index contributed by atoms with van der Waals surface area (Å²) in [5.41, 5.74) is 9.31. The lowest BCUT2D eigenvalue weighted by Gasteiger charge is -2.21. The molecule has 0 unspecified atom stereocenters. The van der Waals surface area contributed by atoms with Crippen LogP contribution in [0.4, 0.5) is 0 Å². The molecule has 0 amide bonds. The van der Waals surface area contributed by atoms with Gasteiger partial charge >= 0.3 is 0 Å². The fourth-order valence-corrected chi connectivity index (χ4v) is 8.64. The highest BCUT2D eigenvalue weighted by Gasteiger charge is 2.21. The van der Waals surface area contributed by atoms with E-state index in [9.17, 15) is 0 Å². The standard InChI is InChI=1S/C50H30O/c1-2-14-35-31(12-1)24-25-32-13-11-22-44(48(32)35)50-41-20-7-5-18-39(41)49(40-19-6-8-21-42(40)50)43-28-27-34(36-15-3-4-16-37(36)43)33-26-29-47-45(30-33)38-17-9-10-23-46(38)51-47/h1-30H. The van der Waals surface area contributed by atoms with Crippen molar-refractivity contribution in [1.29, 1.82) is 0 Å². The summed E-state index contributed by atoms with van der Waals surface area (Å²) in [6.45, 7) is 0. The molecule has 0 saturated carbocycles. The second-order valence-electron chi connectivity index (χ2n) is 13.5. The first-order valence-electron chi connectivity index (χ1n) is 17.6. The maximum atomic E-state index is 6.18. The van der Waals surface area contributed by atoms with Gasteiger partial charge in [0.2, 0.25) is 0 Å². The molecule has 0 atom stereocenters. The minimum absolute atomic E-state index is 0.915. The van der Waals surface area contributed by atoms with E-state index in [2.05, 4.69) is 170 Å². The average Bonchev–Trinajstić information content (AvgIpc) is 3.57. The molecular weight excluding hydrogens is 617 g/mol. The molecule has 11 rings (SSSR count). The fourth-order valence-electron chi connectivity index (χ4n) is 8.64. The van der Waals surface area contributed by atoms with Gasteiger partial charge in [-0.3, -0.25) is 0 Å². The second kappa shape index (κ2) is 10.9. The van der Waals surface area contributed by atoms with Crippen LogP contribution in [-0.4, -0.2) is 0 Å². The summed E-state index contributed by atoms with van der Waals surface area (Å²) in [5, 5.41) is 14.9. The average molecular weight is 647 g/mol. The number of rotatable bonds is 3. The van der Waals surface area contributed by atoms with Crippen LogP contribution in [0, 0.1) is 0 Å². The largest absolute Gasteiger partial charge is 0.456 e. The minimum Gasteiger partial charge on any atom is -0.456 e. The Hall–Kier alpha value is -6.70. The summed E-state index contributed by atoms with van der Waals surface area (Å²) >= 11 is 0. The molecule has 11 aromatic rings. The summed E-state index contributed by atoms with van der Waals surface area (Å²) in [4.78, 5) is 0. The Labute approximate surface area is 294 Å². The number of hydrogen-bond acceptors (Lipinski definition) is 1. The zero-order valence-electron chi connectivity index (χ0n) is 27.7. The quantitative estimate of drug-likeness (QED) is 0.138. The van der Waals surface area contributed by atoms with Gasteiger partial charge < -0.3 is 4.42 Å². The highest BCUT2D eigenvalue weighted by molar-refractivity contribution is 6.27. The normalized spacial score (nSPS) is 11.9. The molecular formula is C50H30O. The molecule has 10 aromatic carbocycles. The third kappa shape index (κ3) is 4.16. The summed E-state index contributed by atoms with van der Waals surface area (Å²) in [6.07, 6.45) is 0. The maximum Gasteiger partial charge on any atom is 0.135 e. The van der Waals surface area contributed by atoms with Gasteiger partial charge in [-0.15, -0.1) is 0 Å². The van der Waals surface area contributed by atoms with E-state index in [1.165, 1.54) is 87.2 Å². The van der Waals surface area contributed by atoms with Crippen molar-refractivity contribution in [3.05, 3.63) is 182 Å². The van der Waals surface area contributed by atoms with Crippen LogP contribution in [0.3, 0.4) is 0 Å². The lowest BCUT2D eigenvalue weighted by molar-refractivity contribution is 0.669. The van der Waals surface area contributed by atoms with Gasteiger partial charge in [0.05, 0.1) is 0 Å². The molecule has 0 bridgehead atoms. The Bertz CT molecular complexity index is 3140. The molecule has 1 heteroatoms. The van der Waals surface area contributed by atoms with Crippen LogP contribution in [0.1, 0.15) is 0 Å². The predicted octanol–water partition coefficient (Wildman–Crippen LogP) is 14.4. The van der Waals surface area contributed by atoms with Crippen molar-refractivity contribution in [1.82, 2.24) is 0 Å². The van der Waals surface area contributed by atoms with Crippen LogP contribution >= 0.6 is 0 Å². The first-order valence-corrected chi connectivity index (χ1v) is 17.6. The van der Waals surface area contributed by atoms with Crippen molar-refractivity contribution in [2.75, 3.05) is 0 Å². The zero-order chi connectivity index (χ0) is 33.5. The molecule has 0 N–H and O–H groups in total. The lowest BCUT2D eigenvalue weighted by atomic mass is 9.82. The van der Waals surface area contributed by atoms with Crippen molar-refractivity contribution in [2.45, 2.75) is 0 Å². The van der Waals surface area contributed by atoms with Crippen LogP contribution in [0.15, 0.2) is 186 Å². The van der Waals surface area contributed by atoms with E-state index >= 15 is 0 Å². The molecule has 0 radical (unpaired) electrons. The first-order chi connectivity index (χ1) is 25.3. The third-order valence-electron chi connectivity index (χ3n) is 10.9. The third-order valence-corrected chi connectivity index (χ3v) is 10.9. The molecule has 0 fully saturated rings. The van der Waals surface area contributed by atoms with Gasteiger partial charge in [0.1, 0.15) is 11.2 Å². The molecule has 0 aliphatic rings. The Morgan fingerprint density at radius 3 is 1.51 bits per heavy atom. The van der Waals surface area contributed by atoms with Crippen molar-refractivity contribution in [3.63, 3.8) is 0 Å². The van der Waals surface area contributed by atoms with Crippen molar-refractivity contribution >= 4 is 75.8 Å². The fraction of sp³-hybridized carbons (Fsp3) is 0. The van der Waals surface area contributed by atoms with E-state index < -0.39 is 0 Å². The minimum atomic E-state index is 0.915. The number of furan rings is 1. The van der Waals surface area contributed by atoms with Gasteiger partial charge in [0.15, 0.2) is 0 Å². The predicted molar refractivity (Wildman–Crippen MR) is 218 cm³/mol. The SMILES string of the molecule is c1ccc2c(c1)ccc1cccc(-c3c4ccccc4c(-c4ccc(-c5ccc6oc7ccccc7c6c5)c5ccccc45)c4ccccc34)c12. The molecule has 1 heterocycles. The van der Waals surface area contributed by atoms with Gasteiger partial charge in [-0.1, -0.05) is 164 Å². The highest BCUT2D eigenvalue weighted by Crippen LogP contribution is 2.48. The molecule has 0 aliphatic heterocycles. The Kier molecular flexibility index (Phi) is 6.02. The van der Waals surface area contributed by atoms with E-state index in [-0.39, 0.29) is 0 Å². The van der Waals surface area contributed by atoms with Crippen LogP contribution in [-0.2, 0) is 0 Å². The van der Waals surface area contributed by atoms with Crippen molar-refractivity contribution in [3.8, 4) is 33.4 Å². The Balaban J connectivity index is 1.21. The van der Waals surface area contributed by atoms with Crippen LogP contribution in [0.2, 0.25) is 0 Å². The smallest absolute Gasteiger partial charge is 0.135 e. The van der Waals surface area contributed by atoms with Gasteiger partial charge in [0, 0.05) is 10.8 Å². The number of para-hydroxylation sites is 1. The van der Waals surface area contributed by atoms with Crippen LogP contribution in [0.5, 0.6) is 0 Å². The maximum absolute atomic E-state index is 6.18. The monoisotopic (exact) mass is 646 g/mol. The summed E-state index contributed by atoms with van der Waals surface area (Å²) < 4.78 is 6.18. The van der Waals surface area contributed by atoms with Crippen molar-refractivity contribution in [2.24, 2.45) is 0 Å². The van der Waals surface area contributed by atoms with Gasteiger partial charge in [-0.2, -0.15) is 0 Å². The molecule has 0 aliphatic carbocycles. The molecule has 0 saturated heterocycles. The van der Waals surface area contributed by atoms with E-state index in [1.54, 1.807) is 0 Å². The van der Waals surface area contributed by atoms with Gasteiger partial charge in [0.25, 0.3) is 0 Å². The molecule has 236 valence electrons. The van der Waals surface area contributed by atoms with E-state index in [0.29, 0.717) is 0 Å². The second-order valence-corrected chi connectivity index (χ2v) is 13.5. The summed E-state index contributed by atoms with van der Waals surface area (Å²) in [6, 6.07) is 66.4. The van der Waals surface area contributed by atoms with E-state index in [1.807, 2.05) is 12.1 Å². The molecule has 51 heavy (non-hydrogen) atoms. The van der Waals surface area contributed by atoms with Gasteiger partial charge in [-0.25, -0.2) is 0 Å². The summed E-state index contributed by atoms with van der Waals surface area (Å²) in [7, 11) is 0. The Morgan fingerprint density at radius 2 is 0.784 bits per heavy atom.